The smallest absolute Gasteiger partial charge is 0.170 e. The van der Waals surface area contributed by atoms with E-state index in [4.69, 9.17) is 5.73 Å². The molecule has 1 aromatic carbocycles. The molecule has 7 nitrogen and oxygen atoms in total. The number of hydrogen-bond acceptors (Lipinski definition) is 5. The molecular formula is C17H17N7. The predicted molar refractivity (Wildman–Crippen MR) is 92.4 cm³/mol. The molecule has 3 heterocycles. The summed E-state index contributed by atoms with van der Waals surface area (Å²) in [5, 5.41) is 9.72. The van der Waals surface area contributed by atoms with Gasteiger partial charge in [0.05, 0.1) is 23.0 Å². The van der Waals surface area contributed by atoms with Gasteiger partial charge in [0.25, 0.3) is 0 Å². The molecule has 0 spiro atoms. The summed E-state index contributed by atoms with van der Waals surface area (Å²) in [6.07, 6.45) is 3.26. The van der Waals surface area contributed by atoms with Gasteiger partial charge in [0.1, 0.15) is 12.1 Å². The van der Waals surface area contributed by atoms with Gasteiger partial charge in [0.15, 0.2) is 11.5 Å². The first-order chi connectivity index (χ1) is 11.5. The van der Waals surface area contributed by atoms with Crippen LogP contribution in [0.15, 0.2) is 36.8 Å². The van der Waals surface area contributed by atoms with E-state index in [2.05, 4.69) is 46.1 Å². The average molecular weight is 319 g/mol. The molecule has 4 rings (SSSR count). The molecule has 3 aromatic heterocycles. The van der Waals surface area contributed by atoms with Crippen LogP contribution < -0.4 is 5.73 Å². The zero-order valence-corrected chi connectivity index (χ0v) is 13.7. The number of aryl methyl sites for hydroxylation is 3. The summed E-state index contributed by atoms with van der Waals surface area (Å²) in [6, 6.07) is 8.04. The molecular weight excluding hydrogens is 302 g/mol. The number of hydrogen-bond donors (Lipinski definition) is 1. The van der Waals surface area contributed by atoms with Crippen molar-refractivity contribution in [1.29, 1.82) is 0 Å². The second-order valence-electron chi connectivity index (χ2n) is 5.90. The zero-order chi connectivity index (χ0) is 16.8. The first kappa shape index (κ1) is 14.4. The Morgan fingerprint density at radius 1 is 1.00 bits per heavy atom. The summed E-state index contributed by atoms with van der Waals surface area (Å²) in [5.41, 5.74) is 10.9. The monoisotopic (exact) mass is 319 g/mol. The molecule has 2 N–H and O–H groups in total. The third kappa shape index (κ3) is 2.13. The standard InChI is InChI=1S/C17H17N7/c1-10-4-5-14(11(2)6-10)23-16-13(8-21-23)17(20-9-19-16)24-15(18)7-12(3)22-24/h4-9H,18H2,1-3H3. The Balaban J connectivity index is 1.96. The number of nitrogen functional groups attached to an aromatic ring is 1. The van der Waals surface area contributed by atoms with Crippen LogP contribution in [0, 0.1) is 20.8 Å². The molecule has 0 unspecified atom stereocenters. The van der Waals surface area contributed by atoms with Crippen LogP contribution in [0.1, 0.15) is 16.8 Å². The van der Waals surface area contributed by atoms with Gasteiger partial charge in [-0.05, 0) is 32.4 Å². The number of aromatic nitrogens is 6. The highest BCUT2D eigenvalue weighted by molar-refractivity contribution is 5.83. The molecule has 0 bridgehead atoms. The van der Waals surface area contributed by atoms with Crippen LogP contribution in [-0.2, 0) is 0 Å². The molecule has 24 heavy (non-hydrogen) atoms. The van der Waals surface area contributed by atoms with Gasteiger partial charge < -0.3 is 5.73 Å². The van der Waals surface area contributed by atoms with E-state index in [1.165, 1.54) is 11.9 Å². The molecule has 0 aliphatic rings. The van der Waals surface area contributed by atoms with Crippen molar-refractivity contribution in [2.24, 2.45) is 0 Å². The molecule has 0 saturated heterocycles. The first-order valence-electron chi connectivity index (χ1n) is 7.63. The van der Waals surface area contributed by atoms with Crippen LogP contribution in [0.25, 0.3) is 22.5 Å². The third-order valence-corrected chi connectivity index (χ3v) is 3.98. The number of fused-ring (bicyclic) bond motifs is 1. The van der Waals surface area contributed by atoms with Crippen molar-refractivity contribution in [3.05, 3.63) is 53.6 Å². The lowest BCUT2D eigenvalue weighted by Crippen LogP contribution is -2.06. The van der Waals surface area contributed by atoms with E-state index < -0.39 is 0 Å². The molecule has 0 atom stereocenters. The van der Waals surface area contributed by atoms with Gasteiger partial charge in [-0.15, -0.1) is 0 Å². The minimum Gasteiger partial charge on any atom is -0.384 e. The van der Waals surface area contributed by atoms with Gasteiger partial charge in [-0.1, -0.05) is 17.7 Å². The Morgan fingerprint density at radius 2 is 1.83 bits per heavy atom. The van der Waals surface area contributed by atoms with Crippen LogP contribution in [0.2, 0.25) is 0 Å². The molecule has 4 aromatic rings. The largest absolute Gasteiger partial charge is 0.384 e. The Labute approximate surface area is 138 Å². The predicted octanol–water partition coefficient (Wildman–Crippen LogP) is 2.51. The molecule has 0 amide bonds. The normalized spacial score (nSPS) is 11.3. The van der Waals surface area contributed by atoms with Crippen LogP contribution in [-0.4, -0.2) is 29.5 Å². The highest BCUT2D eigenvalue weighted by Gasteiger charge is 2.15. The van der Waals surface area contributed by atoms with E-state index in [-0.39, 0.29) is 0 Å². The van der Waals surface area contributed by atoms with Crippen molar-refractivity contribution in [3.63, 3.8) is 0 Å². The number of rotatable bonds is 2. The van der Waals surface area contributed by atoms with Gasteiger partial charge >= 0.3 is 0 Å². The van der Waals surface area contributed by atoms with Gasteiger partial charge in [0, 0.05) is 6.07 Å². The van der Waals surface area contributed by atoms with Gasteiger partial charge in [-0.2, -0.15) is 14.9 Å². The Bertz CT molecular complexity index is 1060. The minimum absolute atomic E-state index is 0.534. The maximum absolute atomic E-state index is 6.04. The molecule has 0 aliphatic carbocycles. The van der Waals surface area contributed by atoms with Crippen LogP contribution in [0.3, 0.4) is 0 Å². The van der Waals surface area contributed by atoms with E-state index in [9.17, 15) is 0 Å². The highest BCUT2D eigenvalue weighted by atomic mass is 15.4. The van der Waals surface area contributed by atoms with E-state index in [1.54, 1.807) is 10.9 Å². The number of anilines is 1. The quantitative estimate of drug-likeness (QED) is 0.613. The van der Waals surface area contributed by atoms with Crippen LogP contribution in [0.4, 0.5) is 5.82 Å². The second kappa shape index (κ2) is 5.16. The zero-order valence-electron chi connectivity index (χ0n) is 13.7. The van der Waals surface area contributed by atoms with Gasteiger partial charge in [-0.3, -0.25) is 0 Å². The van der Waals surface area contributed by atoms with Crippen molar-refractivity contribution in [3.8, 4) is 11.5 Å². The van der Waals surface area contributed by atoms with E-state index in [1.807, 2.05) is 23.7 Å². The lowest BCUT2D eigenvalue weighted by molar-refractivity contribution is 0.843. The van der Waals surface area contributed by atoms with Crippen LogP contribution in [0.5, 0.6) is 0 Å². The third-order valence-electron chi connectivity index (χ3n) is 3.98. The first-order valence-corrected chi connectivity index (χ1v) is 7.63. The Kier molecular flexibility index (Phi) is 3.09. The van der Waals surface area contributed by atoms with Gasteiger partial charge in [0.2, 0.25) is 0 Å². The van der Waals surface area contributed by atoms with Crippen LogP contribution >= 0.6 is 0 Å². The molecule has 0 radical (unpaired) electrons. The summed E-state index contributed by atoms with van der Waals surface area (Å²) in [7, 11) is 0. The average Bonchev–Trinajstić information content (AvgIpc) is 3.10. The molecule has 0 fully saturated rings. The van der Waals surface area contributed by atoms with E-state index in [0.29, 0.717) is 11.6 Å². The highest BCUT2D eigenvalue weighted by Crippen LogP contribution is 2.24. The topological polar surface area (TPSA) is 87.4 Å². The maximum Gasteiger partial charge on any atom is 0.170 e. The Hall–Kier alpha value is -3.22. The van der Waals surface area contributed by atoms with Crippen molar-refractivity contribution in [2.75, 3.05) is 5.73 Å². The lowest BCUT2D eigenvalue weighted by Gasteiger charge is -2.08. The minimum atomic E-state index is 0.534. The SMILES string of the molecule is Cc1ccc(-n2ncc3c(-n4nc(C)cc4N)ncnc32)c(C)c1. The van der Waals surface area contributed by atoms with Gasteiger partial charge in [-0.25, -0.2) is 14.6 Å². The summed E-state index contributed by atoms with van der Waals surface area (Å²) in [4.78, 5) is 8.76. The molecule has 0 aliphatic heterocycles. The fourth-order valence-electron chi connectivity index (χ4n) is 2.91. The fraction of sp³-hybridized carbons (Fsp3) is 0.176. The Morgan fingerprint density at radius 3 is 2.54 bits per heavy atom. The summed E-state index contributed by atoms with van der Waals surface area (Å²) in [5.74, 6) is 1.16. The summed E-state index contributed by atoms with van der Waals surface area (Å²) in [6.45, 7) is 6.03. The van der Waals surface area contributed by atoms with E-state index >= 15 is 0 Å². The lowest BCUT2D eigenvalue weighted by atomic mass is 10.1. The van der Waals surface area contributed by atoms with Crippen molar-refractivity contribution < 1.29 is 0 Å². The summed E-state index contributed by atoms with van der Waals surface area (Å²) < 4.78 is 3.44. The van der Waals surface area contributed by atoms with Crippen molar-refractivity contribution >= 4 is 16.9 Å². The number of nitrogens with zero attached hydrogens (tertiary/aromatic N) is 6. The van der Waals surface area contributed by atoms with Crippen molar-refractivity contribution in [1.82, 2.24) is 29.5 Å². The molecule has 0 saturated carbocycles. The summed E-state index contributed by atoms with van der Waals surface area (Å²) >= 11 is 0. The van der Waals surface area contributed by atoms with E-state index in [0.717, 1.165) is 28.0 Å². The maximum atomic E-state index is 6.04. The molecule has 7 heteroatoms. The number of nitrogens with two attached hydrogens (primary N) is 1. The second-order valence-corrected chi connectivity index (χ2v) is 5.90. The fourth-order valence-corrected chi connectivity index (χ4v) is 2.91. The number of benzene rings is 1. The molecule has 120 valence electrons. The van der Waals surface area contributed by atoms with Crippen molar-refractivity contribution in [2.45, 2.75) is 20.8 Å².